The third-order valence-electron chi connectivity index (χ3n) is 4.66. The Bertz CT molecular complexity index is 836. The Hall–Kier alpha value is -1.95. The van der Waals surface area contributed by atoms with E-state index in [0.29, 0.717) is 12.4 Å². The van der Waals surface area contributed by atoms with Crippen LogP contribution in [0.15, 0.2) is 54.6 Å². The zero-order valence-corrected chi connectivity index (χ0v) is 18.6. The van der Waals surface area contributed by atoms with Gasteiger partial charge in [-0.05, 0) is 52.0 Å². The van der Waals surface area contributed by atoms with Crippen molar-refractivity contribution >= 4 is 14.3 Å². The van der Waals surface area contributed by atoms with Gasteiger partial charge in [0, 0.05) is 5.56 Å². The molecular formula is C23H30O4Si. The smallest absolute Gasteiger partial charge is 0.316 e. The Morgan fingerprint density at radius 1 is 1.04 bits per heavy atom. The molecule has 0 saturated carbocycles. The Balaban J connectivity index is 2.02. The van der Waals surface area contributed by atoms with Gasteiger partial charge in [-0.25, -0.2) is 0 Å². The number of carbonyl (C=O) groups excluding carboxylic acids is 1. The minimum absolute atomic E-state index is 0.268. The van der Waals surface area contributed by atoms with Gasteiger partial charge >= 0.3 is 5.97 Å². The van der Waals surface area contributed by atoms with Crippen molar-refractivity contribution < 1.29 is 18.7 Å². The molecule has 150 valence electrons. The first-order valence-electron chi connectivity index (χ1n) is 9.71. The number of hydrogen-bond acceptors (Lipinski definition) is 4. The molecule has 0 aromatic heterocycles. The first-order valence-corrected chi connectivity index (χ1v) is 13.1. The molecule has 1 saturated heterocycles. The summed E-state index contributed by atoms with van der Waals surface area (Å²) in [6.07, 6.45) is -0.328. The van der Waals surface area contributed by atoms with Crippen LogP contribution >= 0.6 is 0 Å². The summed E-state index contributed by atoms with van der Waals surface area (Å²) >= 11 is 0. The average molecular weight is 399 g/mol. The fourth-order valence-corrected chi connectivity index (χ4v) is 4.72. The van der Waals surface area contributed by atoms with Crippen LogP contribution in [0, 0.1) is 5.41 Å². The molecule has 28 heavy (non-hydrogen) atoms. The van der Waals surface area contributed by atoms with Gasteiger partial charge in [-0.1, -0.05) is 48.5 Å². The number of para-hydroxylation sites is 1. The van der Waals surface area contributed by atoms with Gasteiger partial charge < -0.3 is 13.9 Å². The van der Waals surface area contributed by atoms with Crippen LogP contribution in [0.2, 0.25) is 19.6 Å². The van der Waals surface area contributed by atoms with E-state index in [2.05, 4.69) is 31.8 Å². The van der Waals surface area contributed by atoms with Crippen molar-refractivity contribution in [2.45, 2.75) is 52.1 Å². The molecule has 4 nitrogen and oxygen atoms in total. The number of ether oxygens (including phenoxy) is 2. The highest BCUT2D eigenvalue weighted by atomic mass is 28.4. The van der Waals surface area contributed by atoms with E-state index in [1.54, 1.807) is 0 Å². The van der Waals surface area contributed by atoms with Crippen LogP contribution < -0.4 is 4.74 Å². The van der Waals surface area contributed by atoms with Crippen LogP contribution in [0.3, 0.4) is 0 Å². The fraction of sp³-hybridized carbons (Fsp3) is 0.435. The highest BCUT2D eigenvalue weighted by molar-refractivity contribution is 6.69. The molecule has 2 aromatic carbocycles. The molecule has 3 rings (SSSR count). The van der Waals surface area contributed by atoms with E-state index >= 15 is 0 Å². The van der Waals surface area contributed by atoms with E-state index in [0.717, 1.165) is 11.1 Å². The molecule has 1 heterocycles. The summed E-state index contributed by atoms with van der Waals surface area (Å²) in [4.78, 5) is 12.5. The topological polar surface area (TPSA) is 44.8 Å². The minimum atomic E-state index is -1.89. The molecule has 2 aromatic rings. The lowest BCUT2D eigenvalue weighted by Gasteiger charge is -2.52. The molecule has 0 N–H and O–H groups in total. The zero-order valence-electron chi connectivity index (χ0n) is 17.6. The maximum absolute atomic E-state index is 12.5. The normalized spacial score (nSPS) is 22.4. The molecule has 0 aliphatic carbocycles. The molecule has 0 amide bonds. The van der Waals surface area contributed by atoms with Crippen LogP contribution in [0.4, 0.5) is 0 Å². The third-order valence-corrected chi connectivity index (χ3v) is 5.63. The first kappa shape index (κ1) is 20.8. The summed E-state index contributed by atoms with van der Waals surface area (Å²) < 4.78 is 18.5. The minimum Gasteiger partial charge on any atom is -0.426 e. The second kappa shape index (κ2) is 7.47. The van der Waals surface area contributed by atoms with E-state index in [1.165, 1.54) is 0 Å². The van der Waals surface area contributed by atoms with Gasteiger partial charge in [-0.2, -0.15) is 0 Å². The Labute approximate surface area is 169 Å². The SMILES string of the molecule is CC(C)(C)C(=O)Oc1ccccc1C1OCC1(O[Si](C)(C)C)c1ccccc1. The van der Waals surface area contributed by atoms with Crippen LogP contribution in [-0.4, -0.2) is 20.9 Å². The molecule has 5 heteroatoms. The zero-order chi connectivity index (χ0) is 20.6. The quantitative estimate of drug-likeness (QED) is 0.381. The highest BCUT2D eigenvalue weighted by Gasteiger charge is 2.54. The molecule has 0 radical (unpaired) electrons. The Morgan fingerprint density at radius 2 is 1.64 bits per heavy atom. The van der Waals surface area contributed by atoms with Gasteiger partial charge in [-0.3, -0.25) is 4.79 Å². The van der Waals surface area contributed by atoms with Gasteiger partial charge in [0.25, 0.3) is 0 Å². The van der Waals surface area contributed by atoms with E-state index in [9.17, 15) is 4.79 Å². The first-order chi connectivity index (χ1) is 13.0. The van der Waals surface area contributed by atoms with E-state index in [4.69, 9.17) is 13.9 Å². The molecule has 1 fully saturated rings. The second-order valence-electron chi connectivity index (χ2n) is 9.34. The summed E-state index contributed by atoms with van der Waals surface area (Å²) in [5.74, 6) is 0.266. The van der Waals surface area contributed by atoms with Crippen molar-refractivity contribution in [3.05, 3.63) is 65.7 Å². The summed E-state index contributed by atoms with van der Waals surface area (Å²) in [5.41, 5.74) is 0.772. The second-order valence-corrected chi connectivity index (χ2v) is 13.8. The van der Waals surface area contributed by atoms with Crippen molar-refractivity contribution in [1.82, 2.24) is 0 Å². The number of carbonyl (C=O) groups is 1. The van der Waals surface area contributed by atoms with Gasteiger partial charge in [0.05, 0.1) is 12.0 Å². The standard InChI is InChI=1S/C23H30O4Si/c1-22(2,3)21(24)26-19-15-11-10-14-18(19)20-23(16-25-20,27-28(4,5)6)17-12-8-7-9-13-17/h7-15,20H,16H2,1-6H3. The van der Waals surface area contributed by atoms with E-state index in [1.807, 2.05) is 63.2 Å². The average Bonchev–Trinajstić information content (AvgIpc) is 2.59. The molecule has 2 unspecified atom stereocenters. The van der Waals surface area contributed by atoms with Crippen molar-refractivity contribution in [2.24, 2.45) is 5.41 Å². The number of benzene rings is 2. The molecule has 1 aliphatic heterocycles. The van der Waals surface area contributed by atoms with Gasteiger partial charge in [0.2, 0.25) is 0 Å². The van der Waals surface area contributed by atoms with Crippen molar-refractivity contribution in [1.29, 1.82) is 0 Å². The molecule has 0 bridgehead atoms. The van der Waals surface area contributed by atoms with Gasteiger partial charge in [0.15, 0.2) is 8.32 Å². The molecule has 0 spiro atoms. The van der Waals surface area contributed by atoms with Crippen LogP contribution in [0.25, 0.3) is 0 Å². The van der Waals surface area contributed by atoms with Crippen LogP contribution in [0.5, 0.6) is 5.75 Å². The van der Waals surface area contributed by atoms with E-state index in [-0.39, 0.29) is 12.1 Å². The lowest BCUT2D eigenvalue weighted by Crippen LogP contribution is -2.56. The maximum Gasteiger partial charge on any atom is 0.316 e. The largest absolute Gasteiger partial charge is 0.426 e. The fourth-order valence-electron chi connectivity index (χ4n) is 3.35. The summed E-state index contributed by atoms with van der Waals surface area (Å²) in [6, 6.07) is 17.8. The van der Waals surface area contributed by atoms with Crippen LogP contribution in [-0.2, 0) is 19.6 Å². The molecule has 1 aliphatic rings. The summed E-state index contributed by atoms with van der Waals surface area (Å²) in [6.45, 7) is 12.6. The molecular weight excluding hydrogens is 368 g/mol. The van der Waals surface area contributed by atoms with Gasteiger partial charge in [0.1, 0.15) is 17.5 Å². The number of rotatable bonds is 5. The lowest BCUT2D eigenvalue weighted by molar-refractivity contribution is -0.239. The van der Waals surface area contributed by atoms with Crippen molar-refractivity contribution in [2.75, 3.05) is 6.61 Å². The summed E-state index contributed by atoms with van der Waals surface area (Å²) in [5, 5.41) is 0. The maximum atomic E-state index is 12.5. The predicted octanol–water partition coefficient (Wildman–Crippen LogP) is 5.46. The highest BCUT2D eigenvalue weighted by Crippen LogP contribution is 2.52. The van der Waals surface area contributed by atoms with Crippen LogP contribution in [0.1, 0.15) is 38.0 Å². The molecule has 2 atom stereocenters. The Kier molecular flexibility index (Phi) is 5.54. The van der Waals surface area contributed by atoms with Crippen molar-refractivity contribution in [3.63, 3.8) is 0 Å². The summed E-state index contributed by atoms with van der Waals surface area (Å²) in [7, 11) is -1.89. The lowest BCUT2D eigenvalue weighted by atomic mass is 9.80. The number of hydrogen-bond donors (Lipinski definition) is 0. The predicted molar refractivity (Wildman–Crippen MR) is 113 cm³/mol. The van der Waals surface area contributed by atoms with E-state index < -0.39 is 19.3 Å². The van der Waals surface area contributed by atoms with Crippen molar-refractivity contribution in [3.8, 4) is 5.75 Å². The number of esters is 1. The monoisotopic (exact) mass is 398 g/mol. The third kappa shape index (κ3) is 4.22. The van der Waals surface area contributed by atoms with Gasteiger partial charge in [-0.15, -0.1) is 0 Å². The Morgan fingerprint density at radius 3 is 2.18 bits per heavy atom.